The molecule has 0 aliphatic rings. The van der Waals surface area contributed by atoms with Crippen molar-refractivity contribution in [1.82, 2.24) is 15.3 Å². The number of pyridine rings is 1. The fourth-order valence-electron chi connectivity index (χ4n) is 2.03. The molecular weight excluding hydrogens is 284 g/mol. The Morgan fingerprint density at radius 3 is 2.90 bits per heavy atom. The minimum absolute atomic E-state index is 0.240. The van der Waals surface area contributed by atoms with Crippen LogP contribution in [0.15, 0.2) is 42.6 Å². The van der Waals surface area contributed by atoms with E-state index in [1.165, 1.54) is 11.3 Å². The van der Waals surface area contributed by atoms with Crippen molar-refractivity contribution in [2.45, 2.75) is 6.92 Å². The summed E-state index contributed by atoms with van der Waals surface area (Å²) < 4.78 is 1.02. The Balaban J connectivity index is 2.00. The number of nitrogens with one attached hydrogen (secondary N) is 2. The molecule has 2 amide bonds. The number of nitrogens with zero attached hydrogens (tertiary/aromatic N) is 2. The molecule has 6 heteroatoms. The number of thiazole rings is 1. The van der Waals surface area contributed by atoms with Crippen molar-refractivity contribution in [3.05, 3.63) is 42.6 Å². The summed E-state index contributed by atoms with van der Waals surface area (Å²) in [5.74, 6) is 0. The first-order valence-corrected chi connectivity index (χ1v) is 7.45. The van der Waals surface area contributed by atoms with Crippen LogP contribution in [0, 0.1) is 0 Å². The Morgan fingerprint density at radius 1 is 1.24 bits per heavy atom. The molecule has 0 saturated carbocycles. The molecule has 0 aliphatic heterocycles. The van der Waals surface area contributed by atoms with E-state index in [2.05, 4.69) is 20.6 Å². The maximum absolute atomic E-state index is 11.6. The molecule has 106 valence electrons. The fraction of sp³-hybridized carbons (Fsp3) is 0.133. The molecule has 0 spiro atoms. The zero-order chi connectivity index (χ0) is 14.7. The first-order chi connectivity index (χ1) is 10.3. The zero-order valence-electron chi connectivity index (χ0n) is 11.5. The van der Waals surface area contributed by atoms with Crippen molar-refractivity contribution >= 4 is 32.7 Å². The highest BCUT2D eigenvalue weighted by molar-refractivity contribution is 7.22. The maximum Gasteiger partial charge on any atom is 0.321 e. The lowest BCUT2D eigenvalue weighted by atomic mass is 10.1. The number of carbonyl (C=O) groups is 1. The highest BCUT2D eigenvalue weighted by Crippen LogP contribution is 2.33. The highest BCUT2D eigenvalue weighted by Gasteiger charge is 2.11. The van der Waals surface area contributed by atoms with E-state index in [0.717, 1.165) is 21.5 Å². The van der Waals surface area contributed by atoms with Crippen LogP contribution in [0.25, 0.3) is 21.5 Å². The number of benzene rings is 1. The molecule has 2 N–H and O–H groups in total. The molecule has 0 aliphatic carbocycles. The van der Waals surface area contributed by atoms with E-state index < -0.39 is 0 Å². The van der Waals surface area contributed by atoms with Gasteiger partial charge in [-0.05, 0) is 25.1 Å². The average Bonchev–Trinajstić information content (AvgIpc) is 2.90. The summed E-state index contributed by atoms with van der Waals surface area (Å²) in [6.45, 7) is 2.45. The number of aromatic nitrogens is 2. The third kappa shape index (κ3) is 2.85. The van der Waals surface area contributed by atoms with Crippen molar-refractivity contribution in [3.63, 3.8) is 0 Å². The summed E-state index contributed by atoms with van der Waals surface area (Å²) in [6, 6.07) is 11.5. The van der Waals surface area contributed by atoms with Crippen LogP contribution >= 0.6 is 11.3 Å². The summed E-state index contributed by atoms with van der Waals surface area (Å²) in [5.41, 5.74) is 2.78. The maximum atomic E-state index is 11.6. The normalized spacial score (nSPS) is 10.5. The number of carbonyl (C=O) groups excluding carboxylic acids is 1. The second kappa shape index (κ2) is 5.88. The minimum atomic E-state index is -0.240. The number of urea groups is 1. The van der Waals surface area contributed by atoms with Crippen molar-refractivity contribution in [3.8, 4) is 11.3 Å². The molecule has 1 aromatic carbocycles. The molecule has 21 heavy (non-hydrogen) atoms. The van der Waals surface area contributed by atoms with E-state index in [1.807, 2.05) is 43.3 Å². The summed E-state index contributed by atoms with van der Waals surface area (Å²) in [7, 11) is 0. The molecule has 2 heterocycles. The Hall–Kier alpha value is -2.47. The van der Waals surface area contributed by atoms with Gasteiger partial charge in [-0.1, -0.05) is 29.5 Å². The van der Waals surface area contributed by atoms with Gasteiger partial charge in [0.1, 0.15) is 0 Å². The molecule has 5 nitrogen and oxygen atoms in total. The standard InChI is InChI=1S/C15H14N4OS/c1-2-16-14(20)19-15-18-12-8-5-6-10(13(12)21-15)11-7-3-4-9-17-11/h3-9H,2H2,1H3,(H2,16,18,19,20). The Morgan fingerprint density at radius 2 is 2.14 bits per heavy atom. The average molecular weight is 298 g/mol. The SMILES string of the molecule is CCNC(=O)Nc1nc2cccc(-c3ccccn3)c2s1. The quantitative estimate of drug-likeness (QED) is 0.777. The van der Waals surface area contributed by atoms with Gasteiger partial charge in [-0.2, -0.15) is 0 Å². The van der Waals surface area contributed by atoms with Gasteiger partial charge in [0.05, 0.1) is 15.9 Å². The Kier molecular flexibility index (Phi) is 3.79. The first-order valence-electron chi connectivity index (χ1n) is 6.63. The Labute approximate surface area is 126 Å². The van der Waals surface area contributed by atoms with E-state index in [0.29, 0.717) is 11.7 Å². The smallest absolute Gasteiger partial charge is 0.321 e. The molecule has 0 fully saturated rings. The molecule has 3 rings (SSSR count). The van der Waals surface area contributed by atoms with Crippen LogP contribution in [-0.2, 0) is 0 Å². The second-order valence-corrected chi connectivity index (χ2v) is 5.37. The molecule has 0 atom stereocenters. The lowest BCUT2D eigenvalue weighted by Gasteiger charge is -2.01. The Bertz CT molecular complexity index is 770. The predicted molar refractivity (Wildman–Crippen MR) is 85.5 cm³/mol. The number of fused-ring (bicyclic) bond motifs is 1. The van der Waals surface area contributed by atoms with E-state index in [4.69, 9.17) is 0 Å². The van der Waals surface area contributed by atoms with Crippen LogP contribution in [0.2, 0.25) is 0 Å². The van der Waals surface area contributed by atoms with E-state index >= 15 is 0 Å². The molecule has 3 aromatic rings. The van der Waals surface area contributed by atoms with Gasteiger partial charge in [0.25, 0.3) is 0 Å². The van der Waals surface area contributed by atoms with E-state index in [1.54, 1.807) is 6.20 Å². The number of hydrogen-bond acceptors (Lipinski definition) is 4. The summed E-state index contributed by atoms with van der Waals surface area (Å²) >= 11 is 1.45. The molecule has 0 unspecified atom stereocenters. The van der Waals surface area contributed by atoms with Gasteiger partial charge in [0.2, 0.25) is 0 Å². The van der Waals surface area contributed by atoms with Crippen LogP contribution in [0.1, 0.15) is 6.92 Å². The first kappa shape index (κ1) is 13.5. The van der Waals surface area contributed by atoms with Gasteiger partial charge in [-0.15, -0.1) is 0 Å². The van der Waals surface area contributed by atoms with Crippen LogP contribution in [0.4, 0.5) is 9.93 Å². The number of hydrogen-bond donors (Lipinski definition) is 2. The van der Waals surface area contributed by atoms with Gasteiger partial charge in [-0.3, -0.25) is 10.3 Å². The lowest BCUT2D eigenvalue weighted by molar-refractivity contribution is 0.252. The van der Waals surface area contributed by atoms with E-state index in [9.17, 15) is 4.79 Å². The fourth-order valence-corrected chi connectivity index (χ4v) is 3.01. The predicted octanol–water partition coefficient (Wildman–Crippen LogP) is 3.50. The number of amides is 2. The van der Waals surface area contributed by atoms with Crippen molar-refractivity contribution < 1.29 is 4.79 Å². The number of anilines is 1. The monoisotopic (exact) mass is 298 g/mol. The molecule has 0 bridgehead atoms. The van der Waals surface area contributed by atoms with Gasteiger partial charge in [0, 0.05) is 18.3 Å². The largest absolute Gasteiger partial charge is 0.338 e. The lowest BCUT2D eigenvalue weighted by Crippen LogP contribution is -2.28. The van der Waals surface area contributed by atoms with Crippen LogP contribution in [0.5, 0.6) is 0 Å². The van der Waals surface area contributed by atoms with Crippen molar-refractivity contribution in [1.29, 1.82) is 0 Å². The molecule has 0 radical (unpaired) electrons. The summed E-state index contributed by atoms with van der Waals surface area (Å²) in [4.78, 5) is 20.4. The molecular formula is C15H14N4OS. The van der Waals surface area contributed by atoms with E-state index in [-0.39, 0.29) is 6.03 Å². The highest BCUT2D eigenvalue weighted by atomic mass is 32.1. The third-order valence-corrected chi connectivity index (χ3v) is 3.93. The van der Waals surface area contributed by atoms with Gasteiger partial charge >= 0.3 is 6.03 Å². The van der Waals surface area contributed by atoms with Crippen LogP contribution in [-0.4, -0.2) is 22.5 Å². The molecule has 0 saturated heterocycles. The summed E-state index contributed by atoms with van der Waals surface area (Å²) in [6.07, 6.45) is 1.77. The third-order valence-electron chi connectivity index (χ3n) is 2.91. The van der Waals surface area contributed by atoms with Crippen molar-refractivity contribution in [2.24, 2.45) is 0 Å². The number of rotatable bonds is 3. The minimum Gasteiger partial charge on any atom is -0.338 e. The zero-order valence-corrected chi connectivity index (χ0v) is 12.3. The van der Waals surface area contributed by atoms with Crippen LogP contribution in [0.3, 0.4) is 0 Å². The summed E-state index contributed by atoms with van der Waals surface area (Å²) in [5, 5.41) is 6.02. The second-order valence-electron chi connectivity index (χ2n) is 4.37. The molecule has 2 aromatic heterocycles. The topological polar surface area (TPSA) is 66.9 Å². The van der Waals surface area contributed by atoms with Crippen molar-refractivity contribution in [2.75, 3.05) is 11.9 Å². The van der Waals surface area contributed by atoms with Gasteiger partial charge in [0.15, 0.2) is 5.13 Å². The van der Waals surface area contributed by atoms with Gasteiger partial charge < -0.3 is 5.32 Å². The van der Waals surface area contributed by atoms with Crippen LogP contribution < -0.4 is 10.6 Å². The van der Waals surface area contributed by atoms with Gasteiger partial charge in [-0.25, -0.2) is 9.78 Å².